The van der Waals surface area contributed by atoms with Crippen molar-refractivity contribution in [2.75, 3.05) is 11.9 Å². The molecular weight excluding hydrogens is 367 g/mol. The summed E-state index contributed by atoms with van der Waals surface area (Å²) in [5, 5.41) is 6.80. The third-order valence-electron chi connectivity index (χ3n) is 4.77. The number of nitrogens with one attached hydrogen (secondary N) is 2. The molecule has 0 atom stereocenters. The Balaban J connectivity index is 1.67. The maximum Gasteiger partial charge on any atom is 0.259 e. The number of para-hydroxylation sites is 1. The van der Waals surface area contributed by atoms with Gasteiger partial charge in [-0.15, -0.1) is 0 Å². The Morgan fingerprint density at radius 2 is 1.86 bits per heavy atom. The molecule has 1 heterocycles. The van der Waals surface area contributed by atoms with Crippen LogP contribution in [-0.2, 0) is 4.79 Å². The first-order valence-electron chi connectivity index (χ1n) is 9.43. The normalized spacial score (nSPS) is 11.1. The number of aromatic nitrogens is 1. The molecule has 3 rings (SSSR count). The number of anilines is 1. The molecule has 150 valence electrons. The van der Waals surface area contributed by atoms with E-state index in [9.17, 15) is 9.18 Å². The summed E-state index contributed by atoms with van der Waals surface area (Å²) >= 11 is 0. The third-order valence-corrected chi connectivity index (χ3v) is 4.77. The fourth-order valence-corrected chi connectivity index (χ4v) is 3.34. The molecule has 0 fully saturated rings. The highest BCUT2D eigenvalue weighted by Gasteiger charge is 2.11. The first-order chi connectivity index (χ1) is 13.9. The van der Waals surface area contributed by atoms with Crippen LogP contribution in [0.1, 0.15) is 28.1 Å². The van der Waals surface area contributed by atoms with E-state index >= 15 is 0 Å². The number of rotatable bonds is 6. The van der Waals surface area contributed by atoms with Crippen molar-refractivity contribution < 1.29 is 9.18 Å². The molecule has 0 spiro atoms. The number of carbonyl (C=O) groups excluding carboxylic acids is 1. The van der Waals surface area contributed by atoms with Gasteiger partial charge in [0.2, 0.25) is 0 Å². The fourth-order valence-electron chi connectivity index (χ4n) is 3.34. The lowest BCUT2D eigenvalue weighted by Crippen LogP contribution is -2.26. The quantitative estimate of drug-likeness (QED) is 0.482. The number of hydrazone groups is 1. The van der Waals surface area contributed by atoms with Gasteiger partial charge in [-0.2, -0.15) is 5.10 Å². The Morgan fingerprint density at radius 3 is 2.59 bits per heavy atom. The molecule has 6 heteroatoms. The number of hydrogen-bond acceptors (Lipinski definition) is 3. The second-order valence-corrected chi connectivity index (χ2v) is 7.08. The van der Waals surface area contributed by atoms with E-state index in [1.807, 2.05) is 19.9 Å². The maximum atomic E-state index is 13.6. The minimum absolute atomic E-state index is 0.0696. The molecule has 0 aliphatic carbocycles. The van der Waals surface area contributed by atoms with Crippen LogP contribution in [0.5, 0.6) is 0 Å². The van der Waals surface area contributed by atoms with Gasteiger partial charge in [-0.1, -0.05) is 29.8 Å². The van der Waals surface area contributed by atoms with E-state index in [1.165, 1.54) is 17.2 Å². The molecule has 0 saturated carbocycles. The number of aryl methyl sites for hydroxylation is 3. The number of halogens is 1. The van der Waals surface area contributed by atoms with Crippen LogP contribution < -0.4 is 10.7 Å². The molecule has 0 bridgehead atoms. The molecule has 2 N–H and O–H groups in total. The number of hydrogen-bond donors (Lipinski definition) is 2. The van der Waals surface area contributed by atoms with Crippen molar-refractivity contribution >= 4 is 17.8 Å². The average Bonchev–Trinajstić information content (AvgIpc) is 2.95. The van der Waals surface area contributed by atoms with Crippen molar-refractivity contribution in [2.24, 2.45) is 5.10 Å². The molecule has 0 aliphatic rings. The van der Waals surface area contributed by atoms with E-state index in [0.29, 0.717) is 0 Å². The molecule has 5 nitrogen and oxygen atoms in total. The van der Waals surface area contributed by atoms with Crippen molar-refractivity contribution in [3.63, 3.8) is 0 Å². The van der Waals surface area contributed by atoms with Crippen molar-refractivity contribution in [3.8, 4) is 5.69 Å². The van der Waals surface area contributed by atoms with Gasteiger partial charge >= 0.3 is 0 Å². The van der Waals surface area contributed by atoms with E-state index in [2.05, 4.69) is 52.5 Å². The molecule has 1 amide bonds. The third kappa shape index (κ3) is 4.71. The minimum Gasteiger partial charge on any atom is -0.374 e. The van der Waals surface area contributed by atoms with Crippen LogP contribution in [-0.4, -0.2) is 23.2 Å². The standard InChI is InChI=1S/C23H25FN4O/c1-15-9-10-22(16(2)11-15)28-17(3)12-19(18(28)4)13-26-27-23(29)14-25-21-8-6-5-7-20(21)24/h5-13,25H,14H2,1-4H3,(H,27,29)/b26-13-. The molecular formula is C23H25FN4O. The van der Waals surface area contributed by atoms with E-state index in [0.717, 1.165) is 22.6 Å². The van der Waals surface area contributed by atoms with Crippen LogP contribution >= 0.6 is 0 Å². The molecule has 0 saturated heterocycles. The van der Waals surface area contributed by atoms with Gasteiger partial charge in [-0.25, -0.2) is 9.82 Å². The molecule has 29 heavy (non-hydrogen) atoms. The molecule has 1 aromatic heterocycles. The van der Waals surface area contributed by atoms with Gasteiger partial charge in [0.25, 0.3) is 5.91 Å². The van der Waals surface area contributed by atoms with Gasteiger partial charge in [0.05, 0.1) is 18.4 Å². The van der Waals surface area contributed by atoms with Crippen LogP contribution in [0.3, 0.4) is 0 Å². The van der Waals surface area contributed by atoms with E-state index in [4.69, 9.17) is 0 Å². The summed E-state index contributed by atoms with van der Waals surface area (Å²) in [6, 6.07) is 14.6. The predicted molar refractivity (Wildman–Crippen MR) is 115 cm³/mol. The van der Waals surface area contributed by atoms with Crippen LogP contribution in [0.15, 0.2) is 53.6 Å². The zero-order valence-electron chi connectivity index (χ0n) is 17.1. The Kier molecular flexibility index (Phi) is 6.12. The summed E-state index contributed by atoms with van der Waals surface area (Å²) in [6.45, 7) is 8.17. The Morgan fingerprint density at radius 1 is 1.10 bits per heavy atom. The largest absolute Gasteiger partial charge is 0.374 e. The summed E-state index contributed by atoms with van der Waals surface area (Å²) in [6.07, 6.45) is 1.63. The molecule has 3 aromatic rings. The van der Waals surface area contributed by atoms with Gasteiger partial charge < -0.3 is 9.88 Å². The maximum absolute atomic E-state index is 13.6. The van der Waals surface area contributed by atoms with Gasteiger partial charge in [-0.05, 0) is 57.5 Å². The number of benzene rings is 2. The summed E-state index contributed by atoms with van der Waals surface area (Å²) in [4.78, 5) is 12.0. The molecule has 2 aromatic carbocycles. The molecule has 0 radical (unpaired) electrons. The number of nitrogens with zero attached hydrogens (tertiary/aromatic N) is 2. The zero-order chi connectivity index (χ0) is 21.0. The summed E-state index contributed by atoms with van der Waals surface area (Å²) in [7, 11) is 0. The van der Waals surface area contributed by atoms with Gasteiger partial charge in [0.1, 0.15) is 5.82 Å². The Hall–Kier alpha value is -3.41. The summed E-state index contributed by atoms with van der Waals surface area (Å²) in [5.74, 6) is -0.754. The average molecular weight is 392 g/mol. The first kappa shape index (κ1) is 20.3. The molecule has 0 aliphatic heterocycles. The Bertz CT molecular complexity index is 1070. The Labute approximate surface area is 170 Å². The highest BCUT2D eigenvalue weighted by Crippen LogP contribution is 2.23. The van der Waals surface area contributed by atoms with Gasteiger partial charge in [0, 0.05) is 22.6 Å². The zero-order valence-corrected chi connectivity index (χ0v) is 17.1. The number of amides is 1. The molecule has 0 unspecified atom stereocenters. The second-order valence-electron chi connectivity index (χ2n) is 7.08. The van der Waals surface area contributed by atoms with E-state index in [-0.39, 0.29) is 18.1 Å². The van der Waals surface area contributed by atoms with Crippen LogP contribution in [0, 0.1) is 33.5 Å². The topological polar surface area (TPSA) is 58.4 Å². The lowest BCUT2D eigenvalue weighted by Gasteiger charge is -2.13. The van der Waals surface area contributed by atoms with Crippen LogP contribution in [0.4, 0.5) is 10.1 Å². The van der Waals surface area contributed by atoms with E-state index in [1.54, 1.807) is 24.4 Å². The van der Waals surface area contributed by atoms with Crippen molar-refractivity contribution in [3.05, 3.63) is 82.4 Å². The van der Waals surface area contributed by atoms with Gasteiger partial charge in [-0.3, -0.25) is 4.79 Å². The van der Waals surface area contributed by atoms with Crippen molar-refractivity contribution in [1.29, 1.82) is 0 Å². The monoisotopic (exact) mass is 392 g/mol. The lowest BCUT2D eigenvalue weighted by atomic mass is 10.1. The summed E-state index contributed by atoms with van der Waals surface area (Å²) < 4.78 is 15.7. The highest BCUT2D eigenvalue weighted by molar-refractivity contribution is 5.85. The fraction of sp³-hybridized carbons (Fsp3) is 0.217. The summed E-state index contributed by atoms with van der Waals surface area (Å²) in [5.41, 5.74) is 9.35. The van der Waals surface area contributed by atoms with Crippen molar-refractivity contribution in [1.82, 2.24) is 9.99 Å². The minimum atomic E-state index is -0.400. The first-order valence-corrected chi connectivity index (χ1v) is 9.43. The van der Waals surface area contributed by atoms with Crippen LogP contribution in [0.2, 0.25) is 0 Å². The van der Waals surface area contributed by atoms with Crippen molar-refractivity contribution in [2.45, 2.75) is 27.7 Å². The number of carbonyl (C=O) groups is 1. The van der Waals surface area contributed by atoms with E-state index < -0.39 is 5.82 Å². The smallest absolute Gasteiger partial charge is 0.259 e. The van der Waals surface area contributed by atoms with Crippen LogP contribution in [0.25, 0.3) is 5.69 Å². The second kappa shape index (κ2) is 8.73. The van der Waals surface area contributed by atoms with Gasteiger partial charge in [0.15, 0.2) is 0 Å². The highest BCUT2D eigenvalue weighted by atomic mass is 19.1. The lowest BCUT2D eigenvalue weighted by molar-refractivity contribution is -0.119. The SMILES string of the molecule is Cc1ccc(-n2c(C)cc(/C=N\NC(=O)CNc3ccccc3F)c2C)c(C)c1. The predicted octanol–water partition coefficient (Wildman–Crippen LogP) is 4.41.